The van der Waals surface area contributed by atoms with Crippen molar-refractivity contribution in [1.29, 1.82) is 0 Å². The predicted molar refractivity (Wildman–Crippen MR) is 86.2 cm³/mol. The van der Waals surface area contributed by atoms with E-state index in [1.54, 1.807) is 0 Å². The van der Waals surface area contributed by atoms with Crippen molar-refractivity contribution in [2.75, 3.05) is 0 Å². The molecule has 1 heterocycles. The van der Waals surface area contributed by atoms with Crippen LogP contribution in [0.15, 0.2) is 47.2 Å². The zero-order valence-electron chi connectivity index (χ0n) is 9.69. The monoisotopic (exact) mass is 412 g/mol. The molecule has 0 spiro atoms. The standard InChI is InChI=1S/C14H10BrIN2/c1-9-6-7-10(16)8-13(9)18-12-5-3-2-4-11(12)17-14(18)15/h2-8H,1H3. The number of para-hydroxylation sites is 2. The van der Waals surface area contributed by atoms with Gasteiger partial charge in [-0.05, 0) is 75.3 Å². The molecule has 0 saturated heterocycles. The summed E-state index contributed by atoms with van der Waals surface area (Å²) in [6.45, 7) is 2.12. The van der Waals surface area contributed by atoms with Gasteiger partial charge in [0.1, 0.15) is 0 Å². The van der Waals surface area contributed by atoms with Gasteiger partial charge in [0.05, 0.1) is 16.7 Å². The van der Waals surface area contributed by atoms with Gasteiger partial charge in [0, 0.05) is 3.57 Å². The van der Waals surface area contributed by atoms with Crippen LogP contribution in [0, 0.1) is 10.5 Å². The van der Waals surface area contributed by atoms with Crippen molar-refractivity contribution < 1.29 is 0 Å². The molecule has 0 N–H and O–H groups in total. The highest BCUT2D eigenvalue weighted by atomic mass is 127. The predicted octanol–water partition coefficient (Wildman–Crippen LogP) is 4.70. The highest BCUT2D eigenvalue weighted by Gasteiger charge is 2.11. The molecule has 0 aliphatic carbocycles. The second-order valence-corrected chi connectivity index (χ2v) is 6.09. The van der Waals surface area contributed by atoms with E-state index in [1.165, 1.54) is 14.8 Å². The fourth-order valence-electron chi connectivity index (χ4n) is 2.05. The highest BCUT2D eigenvalue weighted by Crippen LogP contribution is 2.27. The van der Waals surface area contributed by atoms with Gasteiger partial charge in [0.15, 0.2) is 4.73 Å². The molecule has 90 valence electrons. The number of imidazole rings is 1. The number of hydrogen-bond acceptors (Lipinski definition) is 1. The van der Waals surface area contributed by atoms with Gasteiger partial charge in [0.25, 0.3) is 0 Å². The Bertz CT molecular complexity index is 734. The summed E-state index contributed by atoms with van der Waals surface area (Å²) < 4.78 is 4.21. The number of halogens is 2. The van der Waals surface area contributed by atoms with E-state index in [0.29, 0.717) is 0 Å². The molecule has 0 fully saturated rings. The average molecular weight is 413 g/mol. The van der Waals surface area contributed by atoms with Crippen LogP contribution in [0.25, 0.3) is 16.7 Å². The van der Waals surface area contributed by atoms with Crippen molar-refractivity contribution in [3.05, 3.63) is 56.3 Å². The van der Waals surface area contributed by atoms with Gasteiger partial charge in [-0.2, -0.15) is 0 Å². The van der Waals surface area contributed by atoms with Crippen molar-refractivity contribution >= 4 is 49.6 Å². The van der Waals surface area contributed by atoms with Crippen LogP contribution in [-0.4, -0.2) is 9.55 Å². The van der Waals surface area contributed by atoms with Crippen molar-refractivity contribution in [3.8, 4) is 5.69 Å². The van der Waals surface area contributed by atoms with Crippen LogP contribution in [-0.2, 0) is 0 Å². The van der Waals surface area contributed by atoms with Crippen molar-refractivity contribution in [2.24, 2.45) is 0 Å². The molecule has 0 radical (unpaired) electrons. The fourth-order valence-corrected chi connectivity index (χ4v) is 3.10. The lowest BCUT2D eigenvalue weighted by molar-refractivity contribution is 1.03. The van der Waals surface area contributed by atoms with E-state index in [0.717, 1.165) is 15.8 Å². The third kappa shape index (κ3) is 1.97. The summed E-state index contributed by atoms with van der Waals surface area (Å²) >= 11 is 5.89. The molecule has 3 rings (SSSR count). The first-order valence-corrected chi connectivity index (χ1v) is 7.43. The van der Waals surface area contributed by atoms with E-state index < -0.39 is 0 Å². The van der Waals surface area contributed by atoms with E-state index in [-0.39, 0.29) is 0 Å². The van der Waals surface area contributed by atoms with Crippen molar-refractivity contribution in [1.82, 2.24) is 9.55 Å². The van der Waals surface area contributed by atoms with Crippen LogP contribution in [0.3, 0.4) is 0 Å². The molecular formula is C14H10BrIN2. The van der Waals surface area contributed by atoms with Crippen LogP contribution in [0.1, 0.15) is 5.56 Å². The Morgan fingerprint density at radius 3 is 2.78 bits per heavy atom. The van der Waals surface area contributed by atoms with Gasteiger partial charge < -0.3 is 0 Å². The molecule has 0 amide bonds. The maximum Gasteiger partial charge on any atom is 0.182 e. The Morgan fingerprint density at radius 2 is 1.94 bits per heavy atom. The van der Waals surface area contributed by atoms with E-state index in [1.807, 2.05) is 18.2 Å². The second-order valence-electron chi connectivity index (χ2n) is 4.14. The largest absolute Gasteiger partial charge is 0.287 e. The first-order valence-electron chi connectivity index (χ1n) is 5.56. The summed E-state index contributed by atoms with van der Waals surface area (Å²) in [7, 11) is 0. The lowest BCUT2D eigenvalue weighted by atomic mass is 10.2. The topological polar surface area (TPSA) is 17.8 Å². The summed E-state index contributed by atoms with van der Waals surface area (Å²) in [5, 5.41) is 0. The highest BCUT2D eigenvalue weighted by molar-refractivity contribution is 14.1. The minimum absolute atomic E-state index is 0.841. The first-order chi connectivity index (χ1) is 8.66. The summed E-state index contributed by atoms with van der Waals surface area (Å²) in [6, 6.07) is 14.6. The van der Waals surface area contributed by atoms with Crippen LogP contribution >= 0.6 is 38.5 Å². The molecule has 0 atom stereocenters. The van der Waals surface area contributed by atoms with Crippen molar-refractivity contribution in [3.63, 3.8) is 0 Å². The molecule has 2 nitrogen and oxygen atoms in total. The Balaban J connectivity index is 2.37. The van der Waals surface area contributed by atoms with Gasteiger partial charge >= 0.3 is 0 Å². The number of aryl methyl sites for hydroxylation is 1. The number of rotatable bonds is 1. The minimum Gasteiger partial charge on any atom is -0.287 e. The van der Waals surface area contributed by atoms with E-state index in [4.69, 9.17) is 0 Å². The molecule has 0 saturated carbocycles. The van der Waals surface area contributed by atoms with Crippen LogP contribution in [0.2, 0.25) is 0 Å². The Morgan fingerprint density at radius 1 is 1.17 bits per heavy atom. The molecule has 2 aromatic carbocycles. The van der Waals surface area contributed by atoms with Crippen LogP contribution in [0.4, 0.5) is 0 Å². The Kier molecular flexibility index (Phi) is 3.15. The maximum atomic E-state index is 4.54. The molecule has 0 bridgehead atoms. The summed E-state index contributed by atoms with van der Waals surface area (Å²) in [4.78, 5) is 4.54. The third-order valence-corrected chi connectivity index (χ3v) is 4.13. The van der Waals surface area contributed by atoms with Gasteiger partial charge in [-0.3, -0.25) is 4.57 Å². The zero-order chi connectivity index (χ0) is 12.7. The molecule has 0 aliphatic rings. The second kappa shape index (κ2) is 4.66. The van der Waals surface area contributed by atoms with E-state index in [2.05, 4.69) is 79.3 Å². The van der Waals surface area contributed by atoms with Gasteiger partial charge in [-0.15, -0.1) is 0 Å². The Labute approximate surface area is 127 Å². The molecule has 0 unspecified atom stereocenters. The normalized spacial score (nSPS) is 11.1. The first kappa shape index (κ1) is 12.2. The fraction of sp³-hybridized carbons (Fsp3) is 0.0714. The maximum absolute atomic E-state index is 4.54. The quantitative estimate of drug-likeness (QED) is 0.529. The van der Waals surface area contributed by atoms with E-state index in [9.17, 15) is 0 Å². The molecule has 1 aromatic heterocycles. The van der Waals surface area contributed by atoms with E-state index >= 15 is 0 Å². The summed E-state index contributed by atoms with van der Waals surface area (Å²) in [5.41, 5.74) is 4.53. The van der Waals surface area contributed by atoms with Crippen molar-refractivity contribution in [2.45, 2.75) is 6.92 Å². The molecule has 3 aromatic rings. The zero-order valence-corrected chi connectivity index (χ0v) is 13.4. The van der Waals surface area contributed by atoms with Gasteiger partial charge in [0.2, 0.25) is 0 Å². The summed E-state index contributed by atoms with van der Waals surface area (Å²) in [6.07, 6.45) is 0. The lowest BCUT2D eigenvalue weighted by Gasteiger charge is -2.10. The van der Waals surface area contributed by atoms with Crippen LogP contribution < -0.4 is 0 Å². The number of nitrogens with zero attached hydrogens (tertiary/aromatic N) is 2. The minimum atomic E-state index is 0.841. The average Bonchev–Trinajstić information content (AvgIpc) is 2.68. The number of hydrogen-bond donors (Lipinski definition) is 0. The molecule has 18 heavy (non-hydrogen) atoms. The summed E-state index contributed by atoms with van der Waals surface area (Å²) in [5.74, 6) is 0. The molecular weight excluding hydrogens is 403 g/mol. The smallest absolute Gasteiger partial charge is 0.182 e. The van der Waals surface area contributed by atoms with Gasteiger partial charge in [-0.25, -0.2) is 4.98 Å². The van der Waals surface area contributed by atoms with Gasteiger partial charge in [-0.1, -0.05) is 18.2 Å². The lowest BCUT2D eigenvalue weighted by Crippen LogP contribution is -1.97. The molecule has 4 heteroatoms. The SMILES string of the molecule is Cc1ccc(I)cc1-n1c(Br)nc2ccccc21. The molecule has 0 aliphatic heterocycles. The number of aromatic nitrogens is 2. The Hall–Kier alpha value is -0.880. The number of fused-ring (bicyclic) bond motifs is 1. The number of benzene rings is 2. The third-order valence-electron chi connectivity index (χ3n) is 2.93. The van der Waals surface area contributed by atoms with Crippen LogP contribution in [0.5, 0.6) is 0 Å².